The predicted molar refractivity (Wildman–Crippen MR) is 82.0 cm³/mol. The molecule has 0 unspecified atom stereocenters. The lowest BCUT2D eigenvalue weighted by molar-refractivity contribution is 0.902. The van der Waals surface area contributed by atoms with Gasteiger partial charge in [-0.3, -0.25) is 4.57 Å². The summed E-state index contributed by atoms with van der Waals surface area (Å²) in [6.45, 7) is 0. The molecule has 0 saturated carbocycles. The van der Waals surface area contributed by atoms with E-state index in [-0.39, 0.29) is 0 Å². The van der Waals surface area contributed by atoms with E-state index in [0.717, 1.165) is 5.56 Å². The Morgan fingerprint density at radius 2 is 1.95 bits per heavy atom. The van der Waals surface area contributed by atoms with Crippen LogP contribution in [0.25, 0.3) is 17.3 Å². The fourth-order valence-electron chi connectivity index (χ4n) is 1.73. The van der Waals surface area contributed by atoms with Crippen molar-refractivity contribution in [2.75, 3.05) is 12.4 Å². The smallest absolute Gasteiger partial charge is 0.240 e. The number of rotatable bonds is 3. The Balaban J connectivity index is 2.13. The van der Waals surface area contributed by atoms with Gasteiger partial charge >= 0.3 is 0 Å². The maximum atomic E-state index is 6.04. The summed E-state index contributed by atoms with van der Waals surface area (Å²) in [6, 6.07) is 5.23. The van der Waals surface area contributed by atoms with E-state index in [1.165, 1.54) is 0 Å². The molecule has 3 aromatic rings. The number of benzene rings is 1. The zero-order valence-corrected chi connectivity index (χ0v) is 12.5. The van der Waals surface area contributed by atoms with Gasteiger partial charge in [-0.05, 0) is 18.2 Å². The first-order valence-corrected chi connectivity index (χ1v) is 6.80. The maximum absolute atomic E-state index is 6.04. The number of halogens is 2. The van der Waals surface area contributed by atoms with Gasteiger partial charge in [0.1, 0.15) is 6.33 Å². The normalized spacial score (nSPS) is 10.6. The van der Waals surface area contributed by atoms with E-state index in [4.69, 9.17) is 23.2 Å². The summed E-state index contributed by atoms with van der Waals surface area (Å²) < 4.78 is 1.70. The zero-order valence-electron chi connectivity index (χ0n) is 11.0. The highest BCUT2D eigenvalue weighted by molar-refractivity contribution is 6.42. The third kappa shape index (κ3) is 2.81. The minimum absolute atomic E-state index is 0.449. The van der Waals surface area contributed by atoms with Crippen molar-refractivity contribution in [1.29, 1.82) is 0 Å². The predicted octanol–water partition coefficient (Wildman–Crippen LogP) is 3.07. The van der Waals surface area contributed by atoms with Crippen molar-refractivity contribution in [3.05, 3.63) is 47.0 Å². The van der Waals surface area contributed by atoms with E-state index in [2.05, 4.69) is 25.3 Å². The molecule has 8 heteroatoms. The molecule has 106 valence electrons. The van der Waals surface area contributed by atoms with Crippen molar-refractivity contribution in [3.8, 4) is 17.3 Å². The minimum Gasteiger partial charge on any atom is -0.357 e. The maximum Gasteiger partial charge on any atom is 0.240 e. The van der Waals surface area contributed by atoms with Crippen LogP contribution >= 0.6 is 23.2 Å². The Bertz CT molecular complexity index is 772. The first-order chi connectivity index (χ1) is 10.2. The van der Waals surface area contributed by atoms with Crippen molar-refractivity contribution >= 4 is 29.2 Å². The molecule has 0 saturated heterocycles. The zero-order chi connectivity index (χ0) is 14.8. The van der Waals surface area contributed by atoms with Gasteiger partial charge in [-0.1, -0.05) is 23.2 Å². The molecule has 3 rings (SSSR count). The molecule has 0 amide bonds. The summed E-state index contributed by atoms with van der Waals surface area (Å²) in [6.07, 6.45) is 5.03. The fourth-order valence-corrected chi connectivity index (χ4v) is 2.03. The molecular formula is C13H10Cl2N6. The average molecular weight is 321 g/mol. The van der Waals surface area contributed by atoms with E-state index < -0.39 is 0 Å². The van der Waals surface area contributed by atoms with Crippen LogP contribution in [-0.4, -0.2) is 31.6 Å². The van der Waals surface area contributed by atoms with E-state index in [0.29, 0.717) is 27.8 Å². The van der Waals surface area contributed by atoms with Crippen LogP contribution < -0.4 is 5.32 Å². The Morgan fingerprint density at radius 3 is 2.62 bits per heavy atom. The van der Waals surface area contributed by atoms with Gasteiger partial charge in [0.05, 0.1) is 10.0 Å². The van der Waals surface area contributed by atoms with Gasteiger partial charge in [0.2, 0.25) is 11.9 Å². The number of aromatic nitrogens is 5. The Morgan fingerprint density at radius 1 is 1.10 bits per heavy atom. The van der Waals surface area contributed by atoms with Crippen LogP contribution in [0.2, 0.25) is 10.0 Å². The molecule has 0 radical (unpaired) electrons. The Kier molecular flexibility index (Phi) is 3.72. The Hall–Kier alpha value is -2.18. The molecule has 0 bridgehead atoms. The molecule has 0 aliphatic carbocycles. The number of hydrogen-bond donors (Lipinski definition) is 1. The van der Waals surface area contributed by atoms with Crippen molar-refractivity contribution in [1.82, 2.24) is 24.5 Å². The summed E-state index contributed by atoms with van der Waals surface area (Å²) in [7, 11) is 1.74. The van der Waals surface area contributed by atoms with Crippen LogP contribution in [0, 0.1) is 0 Å². The molecule has 1 N–H and O–H groups in total. The van der Waals surface area contributed by atoms with Gasteiger partial charge < -0.3 is 5.32 Å². The summed E-state index contributed by atoms with van der Waals surface area (Å²) in [5.74, 6) is 1.42. The van der Waals surface area contributed by atoms with Crippen LogP contribution in [0.1, 0.15) is 0 Å². The van der Waals surface area contributed by atoms with E-state index >= 15 is 0 Å². The summed E-state index contributed by atoms with van der Waals surface area (Å²) in [5.41, 5.74) is 0.754. The minimum atomic E-state index is 0.449. The third-order valence-electron chi connectivity index (χ3n) is 2.76. The monoisotopic (exact) mass is 320 g/mol. The summed E-state index contributed by atoms with van der Waals surface area (Å²) in [5, 5.41) is 3.84. The second kappa shape index (κ2) is 5.67. The molecule has 0 aliphatic rings. The fraction of sp³-hybridized carbons (Fsp3) is 0.0769. The topological polar surface area (TPSA) is 68.5 Å². The highest BCUT2D eigenvalue weighted by Gasteiger charge is 2.10. The van der Waals surface area contributed by atoms with Crippen LogP contribution in [0.15, 0.2) is 36.9 Å². The quantitative estimate of drug-likeness (QED) is 0.803. The lowest BCUT2D eigenvalue weighted by Crippen LogP contribution is -2.06. The second-order valence-corrected chi connectivity index (χ2v) is 4.95. The molecule has 0 aliphatic heterocycles. The van der Waals surface area contributed by atoms with Crippen LogP contribution in [0.4, 0.5) is 5.95 Å². The molecule has 0 fully saturated rings. The second-order valence-electron chi connectivity index (χ2n) is 4.13. The van der Waals surface area contributed by atoms with Crippen molar-refractivity contribution in [2.24, 2.45) is 0 Å². The molecule has 2 aromatic heterocycles. The largest absolute Gasteiger partial charge is 0.357 e. The number of nitrogens with zero attached hydrogens (tertiary/aromatic N) is 5. The highest BCUT2D eigenvalue weighted by atomic mass is 35.5. The van der Waals surface area contributed by atoms with E-state index in [9.17, 15) is 0 Å². The number of imidazole rings is 1. The van der Waals surface area contributed by atoms with Gasteiger partial charge in [-0.25, -0.2) is 4.98 Å². The molecule has 1 aromatic carbocycles. The summed E-state index contributed by atoms with van der Waals surface area (Å²) in [4.78, 5) is 17.0. The van der Waals surface area contributed by atoms with E-state index in [1.54, 1.807) is 48.5 Å². The lowest BCUT2D eigenvalue weighted by atomic mass is 10.2. The van der Waals surface area contributed by atoms with Crippen molar-refractivity contribution in [3.63, 3.8) is 0 Å². The van der Waals surface area contributed by atoms with Gasteiger partial charge in [0.15, 0.2) is 5.82 Å². The van der Waals surface area contributed by atoms with Gasteiger partial charge in [-0.15, -0.1) is 0 Å². The van der Waals surface area contributed by atoms with Gasteiger partial charge in [0.25, 0.3) is 0 Å². The van der Waals surface area contributed by atoms with Crippen molar-refractivity contribution in [2.45, 2.75) is 0 Å². The molecule has 6 nitrogen and oxygen atoms in total. The first kappa shape index (κ1) is 13.8. The average Bonchev–Trinajstić information content (AvgIpc) is 3.04. The molecule has 21 heavy (non-hydrogen) atoms. The van der Waals surface area contributed by atoms with Crippen LogP contribution in [0.3, 0.4) is 0 Å². The van der Waals surface area contributed by atoms with Crippen LogP contribution in [0.5, 0.6) is 0 Å². The summed E-state index contributed by atoms with van der Waals surface area (Å²) >= 11 is 12.0. The van der Waals surface area contributed by atoms with Crippen molar-refractivity contribution < 1.29 is 0 Å². The first-order valence-electron chi connectivity index (χ1n) is 6.05. The van der Waals surface area contributed by atoms with Crippen LogP contribution in [-0.2, 0) is 0 Å². The van der Waals surface area contributed by atoms with E-state index in [1.807, 2.05) is 0 Å². The lowest BCUT2D eigenvalue weighted by Gasteiger charge is -2.07. The van der Waals surface area contributed by atoms with Gasteiger partial charge in [0, 0.05) is 25.0 Å². The number of nitrogens with one attached hydrogen (secondary N) is 1. The van der Waals surface area contributed by atoms with Gasteiger partial charge in [-0.2, -0.15) is 15.0 Å². The highest BCUT2D eigenvalue weighted by Crippen LogP contribution is 2.27. The SMILES string of the molecule is CNc1nc(-c2ccc(Cl)c(Cl)c2)nc(-n2ccnc2)n1. The number of hydrogen-bond acceptors (Lipinski definition) is 5. The standard InChI is InChI=1S/C13H10Cl2N6/c1-16-12-18-11(8-2-3-9(14)10(15)6-8)19-13(20-12)21-5-4-17-7-21/h2-7H,1H3,(H,16,18,19,20). The molecular weight excluding hydrogens is 311 g/mol. The molecule has 2 heterocycles. The molecule has 0 atom stereocenters. The number of anilines is 1. The Labute approximate surface area is 130 Å². The third-order valence-corrected chi connectivity index (χ3v) is 3.50. The molecule has 0 spiro atoms.